The third-order valence-electron chi connectivity index (χ3n) is 2.77. The Labute approximate surface area is 115 Å². The van der Waals surface area contributed by atoms with Crippen molar-refractivity contribution < 1.29 is 14.7 Å². The van der Waals surface area contributed by atoms with Crippen molar-refractivity contribution in [3.05, 3.63) is 41.9 Å². The predicted molar refractivity (Wildman–Crippen MR) is 71.5 cm³/mol. The van der Waals surface area contributed by atoms with E-state index in [4.69, 9.17) is 5.11 Å². The van der Waals surface area contributed by atoms with Gasteiger partial charge in [-0.1, -0.05) is 0 Å². The quantitative estimate of drug-likeness (QED) is 0.880. The van der Waals surface area contributed by atoms with Gasteiger partial charge >= 0.3 is 5.97 Å². The number of carbonyl (C=O) groups is 2. The van der Waals surface area contributed by atoms with Crippen LogP contribution in [0.25, 0.3) is 0 Å². The Bertz CT molecular complexity index is 651. The van der Waals surface area contributed by atoms with Crippen molar-refractivity contribution in [2.75, 3.05) is 5.32 Å². The SMILES string of the molecule is Cc1ccnc(NC(=O)c2cnn(C(C)C(=O)O)c2)c1. The van der Waals surface area contributed by atoms with E-state index in [1.165, 1.54) is 24.0 Å². The van der Waals surface area contributed by atoms with E-state index >= 15 is 0 Å². The first-order valence-corrected chi connectivity index (χ1v) is 5.98. The number of aromatic nitrogens is 3. The minimum absolute atomic E-state index is 0.279. The number of nitrogens with zero attached hydrogens (tertiary/aromatic N) is 3. The van der Waals surface area contributed by atoms with Crippen molar-refractivity contribution in [2.24, 2.45) is 0 Å². The third kappa shape index (κ3) is 3.00. The molecule has 1 unspecified atom stereocenters. The highest BCUT2D eigenvalue weighted by Crippen LogP contribution is 2.10. The topological polar surface area (TPSA) is 97.1 Å². The number of aliphatic carboxylic acids is 1. The monoisotopic (exact) mass is 274 g/mol. The van der Waals surface area contributed by atoms with Gasteiger partial charge in [-0.3, -0.25) is 9.48 Å². The molecule has 2 aromatic heterocycles. The Morgan fingerprint density at radius 3 is 2.85 bits per heavy atom. The highest BCUT2D eigenvalue weighted by atomic mass is 16.4. The number of anilines is 1. The first-order chi connectivity index (χ1) is 9.47. The summed E-state index contributed by atoms with van der Waals surface area (Å²) in [6.45, 7) is 3.38. The van der Waals surface area contributed by atoms with Crippen LogP contribution in [-0.2, 0) is 4.79 Å². The van der Waals surface area contributed by atoms with Gasteiger partial charge in [-0.05, 0) is 31.5 Å². The lowest BCUT2D eigenvalue weighted by atomic mass is 10.3. The number of hydrogen-bond donors (Lipinski definition) is 2. The second-order valence-electron chi connectivity index (χ2n) is 4.40. The summed E-state index contributed by atoms with van der Waals surface area (Å²) in [5.74, 6) is -0.957. The van der Waals surface area contributed by atoms with Crippen LogP contribution in [0.15, 0.2) is 30.7 Å². The minimum Gasteiger partial charge on any atom is -0.480 e. The summed E-state index contributed by atoms with van der Waals surface area (Å²) in [6.07, 6.45) is 4.31. The average molecular weight is 274 g/mol. The smallest absolute Gasteiger partial charge is 0.328 e. The molecule has 7 nitrogen and oxygen atoms in total. The molecule has 2 aromatic rings. The molecule has 0 radical (unpaired) electrons. The lowest BCUT2D eigenvalue weighted by Crippen LogP contribution is -2.16. The maximum Gasteiger partial charge on any atom is 0.328 e. The van der Waals surface area contributed by atoms with Gasteiger partial charge in [0.05, 0.1) is 11.8 Å². The first-order valence-electron chi connectivity index (χ1n) is 5.98. The van der Waals surface area contributed by atoms with Gasteiger partial charge in [0.2, 0.25) is 0 Å². The van der Waals surface area contributed by atoms with Crippen molar-refractivity contribution >= 4 is 17.7 Å². The number of carboxylic acid groups (broad SMARTS) is 1. The molecule has 1 amide bonds. The second-order valence-corrected chi connectivity index (χ2v) is 4.40. The van der Waals surface area contributed by atoms with Gasteiger partial charge in [0.1, 0.15) is 11.9 Å². The van der Waals surface area contributed by atoms with Crippen molar-refractivity contribution in [1.82, 2.24) is 14.8 Å². The summed E-state index contributed by atoms with van der Waals surface area (Å²) in [4.78, 5) is 26.8. The maximum atomic E-state index is 12.0. The molecule has 0 aliphatic heterocycles. The number of carboxylic acids is 1. The molecule has 20 heavy (non-hydrogen) atoms. The average Bonchev–Trinajstić information content (AvgIpc) is 2.87. The normalized spacial score (nSPS) is 11.9. The summed E-state index contributed by atoms with van der Waals surface area (Å²) in [5.41, 5.74) is 1.26. The van der Waals surface area contributed by atoms with Crippen molar-refractivity contribution in [2.45, 2.75) is 19.9 Å². The molecule has 2 N–H and O–H groups in total. The van der Waals surface area contributed by atoms with Crippen LogP contribution < -0.4 is 5.32 Å². The number of rotatable bonds is 4. The molecule has 0 bridgehead atoms. The Balaban J connectivity index is 2.12. The number of amides is 1. The highest BCUT2D eigenvalue weighted by Gasteiger charge is 2.16. The fourth-order valence-electron chi connectivity index (χ4n) is 1.57. The first kappa shape index (κ1) is 13.7. The predicted octanol–water partition coefficient (Wildman–Crippen LogP) is 1.48. The fourth-order valence-corrected chi connectivity index (χ4v) is 1.57. The Hall–Kier alpha value is -2.70. The molecule has 0 fully saturated rings. The van der Waals surface area contributed by atoms with E-state index < -0.39 is 12.0 Å². The van der Waals surface area contributed by atoms with Gasteiger partial charge in [0.15, 0.2) is 0 Å². The second kappa shape index (κ2) is 5.52. The van der Waals surface area contributed by atoms with E-state index in [-0.39, 0.29) is 11.5 Å². The van der Waals surface area contributed by atoms with Gasteiger partial charge in [0.25, 0.3) is 5.91 Å². The number of nitrogens with one attached hydrogen (secondary N) is 1. The van der Waals surface area contributed by atoms with E-state index in [1.807, 2.05) is 13.0 Å². The van der Waals surface area contributed by atoms with E-state index in [0.717, 1.165) is 5.56 Å². The van der Waals surface area contributed by atoms with Crippen LogP contribution in [-0.4, -0.2) is 31.7 Å². The lowest BCUT2D eigenvalue weighted by molar-refractivity contribution is -0.140. The molecule has 2 heterocycles. The number of carbonyl (C=O) groups excluding carboxylic acids is 1. The molecule has 1 atom stereocenters. The van der Waals surface area contributed by atoms with Crippen LogP contribution >= 0.6 is 0 Å². The van der Waals surface area contributed by atoms with E-state index in [9.17, 15) is 9.59 Å². The highest BCUT2D eigenvalue weighted by molar-refractivity contribution is 6.03. The zero-order valence-corrected chi connectivity index (χ0v) is 11.1. The van der Waals surface area contributed by atoms with E-state index in [1.54, 1.807) is 12.3 Å². The van der Waals surface area contributed by atoms with Crippen LogP contribution in [0.5, 0.6) is 0 Å². The summed E-state index contributed by atoms with van der Waals surface area (Å²) < 4.78 is 1.22. The van der Waals surface area contributed by atoms with Crippen LogP contribution in [0.2, 0.25) is 0 Å². The molecule has 104 valence electrons. The van der Waals surface area contributed by atoms with Gasteiger partial charge in [-0.25, -0.2) is 9.78 Å². The van der Waals surface area contributed by atoms with Gasteiger partial charge in [0, 0.05) is 12.4 Å². The molecule has 7 heteroatoms. The van der Waals surface area contributed by atoms with E-state index in [2.05, 4.69) is 15.4 Å². The third-order valence-corrected chi connectivity index (χ3v) is 2.77. The van der Waals surface area contributed by atoms with Crippen molar-refractivity contribution in [1.29, 1.82) is 0 Å². The molecular weight excluding hydrogens is 260 g/mol. The largest absolute Gasteiger partial charge is 0.480 e. The van der Waals surface area contributed by atoms with Gasteiger partial charge in [-0.2, -0.15) is 5.10 Å². The zero-order chi connectivity index (χ0) is 14.7. The summed E-state index contributed by atoms with van der Waals surface area (Å²) in [5, 5.41) is 15.4. The number of aryl methyl sites for hydroxylation is 1. The summed E-state index contributed by atoms with van der Waals surface area (Å²) in [6, 6.07) is 2.73. The summed E-state index contributed by atoms with van der Waals surface area (Å²) in [7, 11) is 0. The molecule has 0 saturated heterocycles. The maximum absolute atomic E-state index is 12.0. The summed E-state index contributed by atoms with van der Waals surface area (Å²) >= 11 is 0. The van der Waals surface area contributed by atoms with Crippen LogP contribution in [0.4, 0.5) is 5.82 Å². The molecule has 0 aliphatic rings. The van der Waals surface area contributed by atoms with Crippen molar-refractivity contribution in [3.63, 3.8) is 0 Å². The number of hydrogen-bond acceptors (Lipinski definition) is 4. The van der Waals surface area contributed by atoms with Gasteiger partial charge in [-0.15, -0.1) is 0 Å². The minimum atomic E-state index is -1.01. The molecule has 0 aromatic carbocycles. The Morgan fingerprint density at radius 2 is 2.20 bits per heavy atom. The number of pyridine rings is 1. The standard InChI is InChI=1S/C13H14N4O3/c1-8-3-4-14-11(5-8)16-12(18)10-6-15-17(7-10)9(2)13(19)20/h3-7,9H,1-2H3,(H,19,20)(H,14,16,18). The van der Waals surface area contributed by atoms with E-state index in [0.29, 0.717) is 5.82 Å². The Kier molecular flexibility index (Phi) is 3.79. The zero-order valence-electron chi connectivity index (χ0n) is 11.1. The lowest BCUT2D eigenvalue weighted by Gasteiger charge is -2.05. The van der Waals surface area contributed by atoms with Crippen LogP contribution in [0, 0.1) is 6.92 Å². The van der Waals surface area contributed by atoms with Crippen molar-refractivity contribution in [3.8, 4) is 0 Å². The molecular formula is C13H14N4O3. The van der Waals surface area contributed by atoms with Crippen LogP contribution in [0.1, 0.15) is 28.9 Å². The molecule has 0 saturated carbocycles. The van der Waals surface area contributed by atoms with Gasteiger partial charge < -0.3 is 10.4 Å². The van der Waals surface area contributed by atoms with Crippen LogP contribution in [0.3, 0.4) is 0 Å². The molecule has 0 aliphatic carbocycles. The fraction of sp³-hybridized carbons (Fsp3) is 0.231. The Morgan fingerprint density at radius 1 is 1.45 bits per heavy atom. The molecule has 0 spiro atoms. The molecule has 2 rings (SSSR count).